The molecule has 4 unspecified atom stereocenters. The Balaban J connectivity index is 1.76. The van der Waals surface area contributed by atoms with E-state index < -0.39 is 11.9 Å². The molecule has 0 amide bonds. The van der Waals surface area contributed by atoms with Crippen LogP contribution < -0.4 is 0 Å². The van der Waals surface area contributed by atoms with E-state index in [-0.39, 0.29) is 10.9 Å². The van der Waals surface area contributed by atoms with E-state index in [9.17, 15) is 9.50 Å². The lowest BCUT2D eigenvalue weighted by molar-refractivity contribution is 0.0330. The van der Waals surface area contributed by atoms with E-state index in [0.29, 0.717) is 10.0 Å². The predicted molar refractivity (Wildman–Crippen MR) is 86.9 cm³/mol. The van der Waals surface area contributed by atoms with Crippen LogP contribution >= 0.6 is 27.5 Å². The maximum Gasteiger partial charge on any atom is 0.148 e. The molecule has 2 aliphatic rings. The first-order valence-electron chi connectivity index (χ1n) is 7.89. The lowest BCUT2D eigenvalue weighted by Crippen LogP contribution is -2.30. The third-order valence-electron chi connectivity index (χ3n) is 5.41. The maximum atomic E-state index is 14.3. The molecule has 0 aromatic heterocycles. The van der Waals surface area contributed by atoms with E-state index in [0.717, 1.165) is 24.7 Å². The Labute approximate surface area is 139 Å². The van der Waals surface area contributed by atoms with Gasteiger partial charge < -0.3 is 5.11 Å². The third-order valence-corrected chi connectivity index (χ3v) is 6.67. The van der Waals surface area contributed by atoms with Gasteiger partial charge in [-0.2, -0.15) is 0 Å². The Morgan fingerprint density at radius 2 is 1.86 bits per heavy atom. The second-order valence-electron chi connectivity index (χ2n) is 6.59. The highest BCUT2D eigenvalue weighted by Gasteiger charge is 2.36. The quantitative estimate of drug-likeness (QED) is 0.640. The van der Waals surface area contributed by atoms with Gasteiger partial charge in [0.25, 0.3) is 0 Å². The summed E-state index contributed by atoms with van der Waals surface area (Å²) in [5, 5.41) is 10.7. The van der Waals surface area contributed by atoms with Gasteiger partial charge in [-0.25, -0.2) is 4.39 Å². The van der Waals surface area contributed by atoms with Crippen LogP contribution in [-0.4, -0.2) is 5.11 Å². The molecule has 0 bridgehead atoms. The summed E-state index contributed by atoms with van der Waals surface area (Å²) in [5.41, 5.74) is 0.349. The highest BCUT2D eigenvalue weighted by molar-refractivity contribution is 9.10. The maximum absolute atomic E-state index is 14.3. The number of aliphatic hydroxyl groups is 1. The van der Waals surface area contributed by atoms with E-state index in [4.69, 9.17) is 11.6 Å². The zero-order chi connectivity index (χ0) is 15.0. The Hall–Kier alpha value is -0.120. The Bertz CT molecular complexity index is 522. The van der Waals surface area contributed by atoms with Crippen LogP contribution in [0.1, 0.15) is 56.6 Å². The molecule has 3 rings (SSSR count). The van der Waals surface area contributed by atoms with Gasteiger partial charge in [0.1, 0.15) is 5.82 Å². The van der Waals surface area contributed by atoms with Crippen LogP contribution in [0.15, 0.2) is 16.6 Å². The van der Waals surface area contributed by atoms with Crippen molar-refractivity contribution in [2.75, 3.05) is 0 Å². The minimum Gasteiger partial charge on any atom is -0.388 e. The molecule has 4 heteroatoms. The molecule has 1 aromatic rings. The molecule has 4 atom stereocenters. The molecular formula is C17H21BrClFO. The number of fused-ring (bicyclic) bond motifs is 1. The number of benzene rings is 1. The standard InChI is InChI=1S/C17H21BrClFO/c18-14-8-7-13(16(20)15(14)19)17(21)12-6-5-10-3-1-2-4-11(10)9-12/h7-8,10-12,17,21H,1-6,9H2. The highest BCUT2D eigenvalue weighted by atomic mass is 79.9. The SMILES string of the molecule is OC(c1ccc(Br)c(Cl)c1F)C1CCC2CCCCC2C1. The second kappa shape index (κ2) is 6.55. The summed E-state index contributed by atoms with van der Waals surface area (Å²) in [6.07, 6.45) is 7.74. The molecule has 0 aliphatic heterocycles. The first-order chi connectivity index (χ1) is 10.1. The summed E-state index contributed by atoms with van der Waals surface area (Å²) >= 11 is 9.16. The van der Waals surface area contributed by atoms with Gasteiger partial charge in [-0.3, -0.25) is 0 Å². The second-order valence-corrected chi connectivity index (χ2v) is 7.82. The normalized spacial score (nSPS) is 30.8. The molecule has 0 radical (unpaired) electrons. The molecule has 1 N–H and O–H groups in total. The molecule has 116 valence electrons. The summed E-state index contributed by atoms with van der Waals surface area (Å²) in [7, 11) is 0. The zero-order valence-electron chi connectivity index (χ0n) is 12.0. The summed E-state index contributed by atoms with van der Waals surface area (Å²) in [4.78, 5) is 0. The van der Waals surface area contributed by atoms with E-state index >= 15 is 0 Å². The molecule has 0 saturated heterocycles. The molecule has 1 aromatic carbocycles. The van der Waals surface area contributed by atoms with Gasteiger partial charge in [0.15, 0.2) is 0 Å². The molecule has 2 saturated carbocycles. The van der Waals surface area contributed by atoms with Crippen LogP contribution in [0.3, 0.4) is 0 Å². The molecule has 2 aliphatic carbocycles. The fourth-order valence-electron chi connectivity index (χ4n) is 4.22. The minimum atomic E-state index is -0.738. The van der Waals surface area contributed by atoms with Crippen LogP contribution in [0.5, 0.6) is 0 Å². The Kier molecular flexibility index (Phi) is 4.92. The van der Waals surface area contributed by atoms with E-state index in [1.54, 1.807) is 12.1 Å². The van der Waals surface area contributed by atoms with Crippen molar-refractivity contribution in [2.24, 2.45) is 17.8 Å². The fraction of sp³-hybridized carbons (Fsp3) is 0.647. The fourth-order valence-corrected chi connectivity index (χ4v) is 4.70. The van der Waals surface area contributed by atoms with Gasteiger partial charge in [-0.15, -0.1) is 0 Å². The molecule has 0 heterocycles. The summed E-state index contributed by atoms with van der Waals surface area (Å²) in [5.74, 6) is 1.24. The van der Waals surface area contributed by atoms with Crippen LogP contribution in [-0.2, 0) is 0 Å². The van der Waals surface area contributed by atoms with E-state index in [1.165, 1.54) is 32.1 Å². The molecule has 21 heavy (non-hydrogen) atoms. The van der Waals surface area contributed by atoms with Crippen molar-refractivity contribution in [3.05, 3.63) is 33.0 Å². The first-order valence-corrected chi connectivity index (χ1v) is 9.06. The van der Waals surface area contributed by atoms with E-state index in [1.807, 2.05) is 0 Å². The van der Waals surface area contributed by atoms with Crippen molar-refractivity contribution < 1.29 is 9.50 Å². The summed E-state index contributed by atoms with van der Waals surface area (Å²) in [6.45, 7) is 0. The number of aliphatic hydroxyl groups excluding tert-OH is 1. The highest BCUT2D eigenvalue weighted by Crippen LogP contribution is 2.46. The number of rotatable bonds is 2. The van der Waals surface area contributed by atoms with Crippen LogP contribution in [0.25, 0.3) is 0 Å². The minimum absolute atomic E-state index is 0.0675. The van der Waals surface area contributed by atoms with Gasteiger partial charge in [0.2, 0.25) is 0 Å². The zero-order valence-corrected chi connectivity index (χ0v) is 14.3. The first kappa shape index (κ1) is 15.8. The topological polar surface area (TPSA) is 20.2 Å². The molecule has 2 fully saturated rings. The number of halogens is 3. The largest absolute Gasteiger partial charge is 0.388 e. The number of hydrogen-bond acceptors (Lipinski definition) is 1. The smallest absolute Gasteiger partial charge is 0.148 e. The van der Waals surface area contributed by atoms with Crippen LogP contribution in [0, 0.1) is 23.6 Å². The van der Waals surface area contributed by atoms with Gasteiger partial charge in [-0.05, 0) is 59.0 Å². The summed E-state index contributed by atoms with van der Waals surface area (Å²) in [6, 6.07) is 3.37. The summed E-state index contributed by atoms with van der Waals surface area (Å²) < 4.78 is 14.8. The monoisotopic (exact) mass is 374 g/mol. The molecule has 1 nitrogen and oxygen atoms in total. The number of hydrogen-bond donors (Lipinski definition) is 1. The van der Waals surface area contributed by atoms with Crippen LogP contribution in [0.2, 0.25) is 5.02 Å². The lowest BCUT2D eigenvalue weighted by atomic mass is 9.66. The van der Waals surface area contributed by atoms with E-state index in [2.05, 4.69) is 15.9 Å². The Morgan fingerprint density at radius 3 is 2.62 bits per heavy atom. The predicted octanol–water partition coefficient (Wildman–Crippen LogP) is 5.88. The van der Waals surface area contributed by atoms with Crippen molar-refractivity contribution in [1.29, 1.82) is 0 Å². The van der Waals surface area contributed by atoms with Crippen molar-refractivity contribution >= 4 is 27.5 Å². The molecular weight excluding hydrogens is 355 g/mol. The lowest BCUT2D eigenvalue weighted by Gasteiger charge is -2.41. The van der Waals surface area contributed by atoms with Crippen molar-refractivity contribution in [3.63, 3.8) is 0 Å². The van der Waals surface area contributed by atoms with Crippen molar-refractivity contribution in [2.45, 2.75) is 51.0 Å². The van der Waals surface area contributed by atoms with Crippen LogP contribution in [0.4, 0.5) is 4.39 Å². The van der Waals surface area contributed by atoms with Gasteiger partial charge in [-0.1, -0.05) is 43.4 Å². The van der Waals surface area contributed by atoms with Gasteiger partial charge in [0.05, 0.1) is 11.1 Å². The van der Waals surface area contributed by atoms with Crippen molar-refractivity contribution in [1.82, 2.24) is 0 Å². The van der Waals surface area contributed by atoms with Gasteiger partial charge in [0, 0.05) is 10.0 Å². The third kappa shape index (κ3) is 3.16. The Morgan fingerprint density at radius 1 is 1.14 bits per heavy atom. The average Bonchev–Trinajstić information content (AvgIpc) is 2.52. The molecule has 0 spiro atoms. The van der Waals surface area contributed by atoms with Gasteiger partial charge >= 0.3 is 0 Å². The van der Waals surface area contributed by atoms with Crippen molar-refractivity contribution in [3.8, 4) is 0 Å². The average molecular weight is 376 g/mol.